The maximum absolute atomic E-state index is 13.7. The second kappa shape index (κ2) is 12.4. The monoisotopic (exact) mass is 544 g/mol. The summed E-state index contributed by atoms with van der Waals surface area (Å²) in [7, 11) is 3.22. The van der Waals surface area contributed by atoms with E-state index in [2.05, 4.69) is 10.1 Å². The highest BCUT2D eigenvalue weighted by Gasteiger charge is 2.26. The molecule has 2 aromatic heterocycles. The molecule has 11 heteroatoms. The lowest BCUT2D eigenvalue weighted by Gasteiger charge is -2.27. The van der Waals surface area contributed by atoms with Crippen LogP contribution in [0.2, 0.25) is 0 Å². The van der Waals surface area contributed by atoms with Crippen molar-refractivity contribution in [3.05, 3.63) is 54.2 Å². The first-order valence-corrected chi connectivity index (χ1v) is 12.6. The number of aromatic nitrogens is 2. The number of carbonyl (C=O) groups excluding carboxylic acids is 1. The molecular formula is C26H29ClN4O5S. The van der Waals surface area contributed by atoms with E-state index in [1.165, 1.54) is 11.3 Å². The number of carbonyl (C=O) groups is 1. The summed E-state index contributed by atoms with van der Waals surface area (Å²) >= 11 is 1.40. The SMILES string of the molecule is COc1ccc(OC)c2sc(N(CCCN3CCOCC3)C(=O)c3cc(-c4ccccc4)on3)nc12.Cl. The van der Waals surface area contributed by atoms with Gasteiger partial charge in [0, 0.05) is 37.8 Å². The smallest absolute Gasteiger partial charge is 0.282 e. The molecule has 1 aliphatic heterocycles. The van der Waals surface area contributed by atoms with Gasteiger partial charge in [0.25, 0.3) is 5.91 Å². The maximum Gasteiger partial charge on any atom is 0.282 e. The molecule has 0 radical (unpaired) electrons. The zero-order chi connectivity index (χ0) is 24.9. The lowest BCUT2D eigenvalue weighted by Crippen LogP contribution is -2.39. The van der Waals surface area contributed by atoms with Gasteiger partial charge in [-0.1, -0.05) is 46.8 Å². The van der Waals surface area contributed by atoms with Crippen LogP contribution in [0.15, 0.2) is 53.1 Å². The molecule has 3 heterocycles. The fraction of sp³-hybridized carbons (Fsp3) is 0.346. The number of methoxy groups -OCH3 is 2. The minimum Gasteiger partial charge on any atom is -0.495 e. The summed E-state index contributed by atoms with van der Waals surface area (Å²) in [5.41, 5.74) is 1.75. The maximum atomic E-state index is 13.7. The molecule has 0 saturated carbocycles. The summed E-state index contributed by atoms with van der Waals surface area (Å²) in [5, 5.41) is 4.65. The van der Waals surface area contributed by atoms with Crippen molar-refractivity contribution in [2.75, 3.05) is 58.5 Å². The molecule has 0 aliphatic carbocycles. The van der Waals surface area contributed by atoms with Crippen LogP contribution < -0.4 is 14.4 Å². The predicted molar refractivity (Wildman–Crippen MR) is 145 cm³/mol. The zero-order valence-corrected chi connectivity index (χ0v) is 22.3. The summed E-state index contributed by atoms with van der Waals surface area (Å²) < 4.78 is 22.8. The molecule has 0 spiro atoms. The molecule has 0 atom stereocenters. The van der Waals surface area contributed by atoms with Gasteiger partial charge in [0.05, 0.1) is 27.4 Å². The topological polar surface area (TPSA) is 90.2 Å². The van der Waals surface area contributed by atoms with E-state index >= 15 is 0 Å². The highest BCUT2D eigenvalue weighted by Crippen LogP contribution is 2.40. The van der Waals surface area contributed by atoms with Crippen LogP contribution in [0.5, 0.6) is 11.5 Å². The van der Waals surface area contributed by atoms with E-state index in [4.69, 9.17) is 23.7 Å². The van der Waals surface area contributed by atoms with Gasteiger partial charge < -0.3 is 18.7 Å². The van der Waals surface area contributed by atoms with E-state index in [1.807, 2.05) is 42.5 Å². The highest BCUT2D eigenvalue weighted by molar-refractivity contribution is 7.22. The third-order valence-electron chi connectivity index (χ3n) is 6.12. The van der Waals surface area contributed by atoms with Gasteiger partial charge in [0.15, 0.2) is 16.6 Å². The molecule has 9 nitrogen and oxygen atoms in total. The van der Waals surface area contributed by atoms with E-state index in [0.29, 0.717) is 34.5 Å². The van der Waals surface area contributed by atoms with Gasteiger partial charge in [0.1, 0.15) is 21.7 Å². The predicted octanol–water partition coefficient (Wildman–Crippen LogP) is 4.76. The van der Waals surface area contributed by atoms with Gasteiger partial charge in [-0.15, -0.1) is 12.4 Å². The van der Waals surface area contributed by atoms with Crippen LogP contribution in [0.4, 0.5) is 5.13 Å². The fourth-order valence-electron chi connectivity index (χ4n) is 4.20. The Bertz CT molecular complexity index is 1280. The Hall–Kier alpha value is -3.18. The molecule has 4 aromatic rings. The lowest BCUT2D eigenvalue weighted by molar-refractivity contribution is 0.0376. The summed E-state index contributed by atoms with van der Waals surface area (Å²) in [6.07, 6.45) is 0.777. The van der Waals surface area contributed by atoms with Gasteiger partial charge in [-0.25, -0.2) is 4.98 Å². The number of amides is 1. The number of anilines is 1. The van der Waals surface area contributed by atoms with Gasteiger partial charge >= 0.3 is 0 Å². The van der Waals surface area contributed by atoms with Crippen molar-refractivity contribution in [1.82, 2.24) is 15.0 Å². The van der Waals surface area contributed by atoms with Crippen molar-refractivity contribution in [3.63, 3.8) is 0 Å². The van der Waals surface area contributed by atoms with E-state index in [-0.39, 0.29) is 24.0 Å². The molecule has 37 heavy (non-hydrogen) atoms. The summed E-state index contributed by atoms with van der Waals surface area (Å²) in [6.45, 7) is 4.61. The van der Waals surface area contributed by atoms with Crippen LogP contribution >= 0.6 is 23.7 Å². The van der Waals surface area contributed by atoms with Gasteiger partial charge in [-0.05, 0) is 18.6 Å². The number of morpholine rings is 1. The Kier molecular flexibility index (Phi) is 8.99. The van der Waals surface area contributed by atoms with Crippen LogP contribution in [-0.2, 0) is 4.74 Å². The molecule has 1 aliphatic rings. The van der Waals surface area contributed by atoms with Crippen molar-refractivity contribution in [1.29, 1.82) is 0 Å². The molecule has 0 N–H and O–H groups in total. The Labute approximate surface area is 225 Å². The minimum atomic E-state index is -0.264. The molecule has 1 saturated heterocycles. The fourth-order valence-corrected chi connectivity index (χ4v) is 5.30. The lowest BCUT2D eigenvalue weighted by atomic mass is 10.1. The van der Waals surface area contributed by atoms with Crippen LogP contribution in [0, 0.1) is 0 Å². The molecule has 196 valence electrons. The minimum absolute atomic E-state index is 0. The number of halogens is 1. The van der Waals surface area contributed by atoms with Crippen molar-refractivity contribution < 1.29 is 23.5 Å². The van der Waals surface area contributed by atoms with E-state index in [0.717, 1.165) is 49.5 Å². The first-order valence-electron chi connectivity index (χ1n) is 11.8. The summed E-state index contributed by atoms with van der Waals surface area (Å²) in [6, 6.07) is 14.9. The Morgan fingerprint density at radius 3 is 2.54 bits per heavy atom. The second-order valence-corrected chi connectivity index (χ2v) is 9.33. The van der Waals surface area contributed by atoms with Crippen molar-refractivity contribution in [3.8, 4) is 22.8 Å². The quantitative estimate of drug-likeness (QED) is 0.298. The Morgan fingerprint density at radius 1 is 1.08 bits per heavy atom. The average Bonchev–Trinajstić information content (AvgIpc) is 3.60. The highest BCUT2D eigenvalue weighted by atomic mass is 35.5. The zero-order valence-electron chi connectivity index (χ0n) is 20.7. The molecule has 2 aromatic carbocycles. The average molecular weight is 545 g/mol. The molecule has 0 unspecified atom stereocenters. The van der Waals surface area contributed by atoms with E-state index < -0.39 is 0 Å². The molecule has 1 fully saturated rings. The van der Waals surface area contributed by atoms with Gasteiger partial charge in [-0.3, -0.25) is 14.6 Å². The van der Waals surface area contributed by atoms with Crippen LogP contribution in [-0.4, -0.2) is 74.6 Å². The summed E-state index contributed by atoms with van der Waals surface area (Å²) in [4.78, 5) is 22.6. The standard InChI is InChI=1S/C26H28N4O5S.ClH/c1-32-20-9-10-21(33-2)24-23(20)27-26(36-24)30(12-6-11-29-13-15-34-16-14-29)25(31)19-17-22(35-28-19)18-7-4-3-5-8-18;/h3-5,7-10,17H,6,11-16H2,1-2H3;1H. The number of ether oxygens (including phenoxy) is 3. The summed E-state index contributed by atoms with van der Waals surface area (Å²) in [5.74, 6) is 1.59. The van der Waals surface area contributed by atoms with E-state index in [9.17, 15) is 4.79 Å². The first kappa shape index (κ1) is 26.9. The van der Waals surface area contributed by atoms with Crippen LogP contribution in [0.3, 0.4) is 0 Å². The number of fused-ring (bicyclic) bond motifs is 1. The first-order chi connectivity index (χ1) is 17.7. The van der Waals surface area contributed by atoms with Crippen molar-refractivity contribution in [2.24, 2.45) is 0 Å². The number of hydrogen-bond acceptors (Lipinski definition) is 9. The third kappa shape index (κ3) is 5.88. The number of benzene rings is 2. The normalized spacial score (nSPS) is 13.8. The number of rotatable bonds is 9. The van der Waals surface area contributed by atoms with Crippen LogP contribution in [0.1, 0.15) is 16.9 Å². The molecule has 1 amide bonds. The molecule has 0 bridgehead atoms. The number of hydrogen-bond donors (Lipinski definition) is 0. The van der Waals surface area contributed by atoms with Gasteiger partial charge in [0.2, 0.25) is 0 Å². The van der Waals surface area contributed by atoms with E-state index in [1.54, 1.807) is 25.2 Å². The second-order valence-electron chi connectivity index (χ2n) is 8.35. The molecule has 5 rings (SSSR count). The number of thiazole rings is 1. The third-order valence-corrected chi connectivity index (χ3v) is 7.22. The van der Waals surface area contributed by atoms with Crippen molar-refractivity contribution >= 4 is 45.0 Å². The Morgan fingerprint density at radius 2 is 1.81 bits per heavy atom. The Balaban J connectivity index is 0.00000320. The largest absolute Gasteiger partial charge is 0.495 e. The number of nitrogens with zero attached hydrogens (tertiary/aromatic N) is 4. The molecular weight excluding hydrogens is 516 g/mol. The van der Waals surface area contributed by atoms with Crippen molar-refractivity contribution in [2.45, 2.75) is 6.42 Å². The van der Waals surface area contributed by atoms with Crippen LogP contribution in [0.25, 0.3) is 21.5 Å². The van der Waals surface area contributed by atoms with Gasteiger partial charge in [-0.2, -0.15) is 0 Å².